The van der Waals surface area contributed by atoms with E-state index in [1.54, 1.807) is 0 Å². The van der Waals surface area contributed by atoms with Gasteiger partial charge in [0.1, 0.15) is 11.9 Å². The van der Waals surface area contributed by atoms with Gasteiger partial charge in [-0.05, 0) is 35.2 Å². The molecule has 0 amide bonds. The Hall–Kier alpha value is -1.52. The van der Waals surface area contributed by atoms with Crippen molar-refractivity contribution in [2.24, 2.45) is 0 Å². The van der Waals surface area contributed by atoms with E-state index in [4.69, 9.17) is 8.83 Å². The van der Waals surface area contributed by atoms with Crippen LogP contribution in [-0.4, -0.2) is 9.97 Å². The molecule has 2 aromatic heterocycles. The van der Waals surface area contributed by atoms with Crippen LogP contribution in [0.2, 0.25) is 0 Å². The minimum atomic E-state index is 0. The molecule has 5 heteroatoms. The second-order valence-electron chi connectivity index (χ2n) is 4.82. The number of hydrogen-bond donors (Lipinski definition) is 0. The fourth-order valence-electron chi connectivity index (χ4n) is 2.40. The zero-order valence-corrected chi connectivity index (χ0v) is 15.3. The normalized spacial score (nSPS) is 10.4. The van der Waals surface area contributed by atoms with E-state index in [1.165, 1.54) is 11.1 Å². The first-order valence-electron chi connectivity index (χ1n) is 6.39. The maximum Gasteiger partial charge on any atom is 0.192 e. The van der Waals surface area contributed by atoms with Crippen molar-refractivity contribution in [2.75, 3.05) is 0 Å². The van der Waals surface area contributed by atoms with Gasteiger partial charge >= 0.3 is 0 Å². The average molecular weight is 367 g/mol. The average Bonchev–Trinajstić information content (AvgIpc) is 3.02. The molecule has 0 saturated heterocycles. The standard InChI is InChI=1S/C16H11N2O2.CH3.Y/c1-10-18-14-8-12(3-5-16(14)20-10)6-11-2-4-15-13(7-11)17-9-19-15;;/h2-5,7-8H,6H2,1H3;1H3;/q2*-1;. The molecule has 0 N–H and O–H groups in total. The number of nitrogens with zero attached hydrogens (tertiary/aromatic N) is 2. The molecule has 4 nitrogen and oxygen atoms in total. The van der Waals surface area contributed by atoms with E-state index in [1.807, 2.05) is 31.2 Å². The molecule has 109 valence electrons. The molecule has 4 rings (SSSR count). The smallest absolute Gasteiger partial charge is 0.192 e. The van der Waals surface area contributed by atoms with Crippen LogP contribution in [-0.2, 0) is 39.1 Å². The number of aromatic nitrogens is 2. The maximum atomic E-state index is 5.48. The van der Waals surface area contributed by atoms with E-state index < -0.39 is 0 Å². The Morgan fingerprint density at radius 1 is 1.00 bits per heavy atom. The van der Waals surface area contributed by atoms with Crippen molar-refractivity contribution in [3.63, 3.8) is 0 Å². The van der Waals surface area contributed by atoms with E-state index in [-0.39, 0.29) is 40.1 Å². The summed E-state index contributed by atoms with van der Waals surface area (Å²) in [6.45, 7) is 1.86. The SMILES string of the molecule is Cc1nc2cc(Cc3ccc4o[c-]nc4c3)ccc2o1.[CH3-].[Y]. The monoisotopic (exact) mass is 367 g/mol. The largest absolute Gasteiger partial charge is 0.573 e. The van der Waals surface area contributed by atoms with E-state index in [0.29, 0.717) is 5.89 Å². The topological polar surface area (TPSA) is 52.1 Å². The van der Waals surface area contributed by atoms with Crippen molar-refractivity contribution in [2.45, 2.75) is 13.3 Å². The summed E-state index contributed by atoms with van der Waals surface area (Å²) < 4.78 is 10.6. The Bertz CT molecular complexity index is 911. The van der Waals surface area contributed by atoms with Gasteiger partial charge in [-0.3, -0.25) is 0 Å². The summed E-state index contributed by atoms with van der Waals surface area (Å²) in [7, 11) is 0. The number of aryl methyl sites for hydroxylation is 1. The van der Waals surface area contributed by atoms with Gasteiger partial charge in [0.2, 0.25) is 0 Å². The molecule has 0 atom stereocenters. The van der Waals surface area contributed by atoms with Crippen LogP contribution in [0.4, 0.5) is 0 Å². The number of oxazole rings is 2. The fraction of sp³-hybridized carbons (Fsp3) is 0.118. The molecular weight excluding hydrogens is 353 g/mol. The van der Waals surface area contributed by atoms with E-state index >= 15 is 0 Å². The second-order valence-corrected chi connectivity index (χ2v) is 4.82. The first-order chi connectivity index (χ1) is 9.78. The summed E-state index contributed by atoms with van der Waals surface area (Å²) in [6, 6.07) is 12.1. The number of rotatable bonds is 2. The van der Waals surface area contributed by atoms with Crippen molar-refractivity contribution >= 4 is 22.2 Å². The first-order valence-corrected chi connectivity index (χ1v) is 6.39. The Morgan fingerprint density at radius 2 is 1.68 bits per heavy atom. The molecule has 1 radical (unpaired) electrons. The van der Waals surface area contributed by atoms with E-state index in [9.17, 15) is 0 Å². The van der Waals surface area contributed by atoms with Gasteiger partial charge in [0.25, 0.3) is 0 Å². The Kier molecular flexibility index (Phi) is 5.14. The van der Waals surface area contributed by atoms with Crippen LogP contribution in [0.5, 0.6) is 0 Å². The van der Waals surface area contributed by atoms with Gasteiger partial charge in [0.15, 0.2) is 11.5 Å². The van der Waals surface area contributed by atoms with Crippen LogP contribution in [0.1, 0.15) is 17.0 Å². The Balaban J connectivity index is 0.000000882. The fourth-order valence-corrected chi connectivity index (χ4v) is 2.40. The van der Waals surface area contributed by atoms with Crippen LogP contribution in [0.3, 0.4) is 0 Å². The molecule has 2 heterocycles. The zero-order chi connectivity index (χ0) is 13.5. The minimum absolute atomic E-state index is 0. The minimum Gasteiger partial charge on any atom is -0.573 e. The van der Waals surface area contributed by atoms with Crippen molar-refractivity contribution in [3.05, 3.63) is 67.2 Å². The molecule has 0 unspecified atom stereocenters. The molecule has 2 aromatic carbocycles. The van der Waals surface area contributed by atoms with Gasteiger partial charge in [0.05, 0.1) is 0 Å². The summed E-state index contributed by atoms with van der Waals surface area (Å²) in [5.74, 6) is 0.691. The number of hydrogen-bond acceptors (Lipinski definition) is 4. The second kappa shape index (κ2) is 6.72. The summed E-state index contributed by atoms with van der Waals surface area (Å²) in [5.41, 5.74) is 5.69. The quantitative estimate of drug-likeness (QED) is 0.500. The molecule has 0 saturated carbocycles. The van der Waals surface area contributed by atoms with E-state index in [0.717, 1.165) is 28.6 Å². The summed E-state index contributed by atoms with van der Waals surface area (Å²) in [6.07, 6.45) is 3.33. The van der Waals surface area contributed by atoms with Crippen LogP contribution in [0, 0.1) is 20.7 Å². The van der Waals surface area contributed by atoms with Crippen LogP contribution >= 0.6 is 0 Å². The van der Waals surface area contributed by atoms with Crippen molar-refractivity contribution < 1.29 is 41.5 Å². The Morgan fingerprint density at radius 3 is 2.45 bits per heavy atom. The first kappa shape index (κ1) is 16.8. The number of fused-ring (bicyclic) bond motifs is 2. The van der Waals surface area contributed by atoms with E-state index in [2.05, 4.69) is 28.5 Å². The molecule has 4 aromatic rings. The third kappa shape index (κ3) is 3.13. The van der Waals surface area contributed by atoms with Crippen LogP contribution in [0.25, 0.3) is 22.2 Å². The van der Waals surface area contributed by atoms with Crippen LogP contribution < -0.4 is 0 Å². The zero-order valence-electron chi connectivity index (χ0n) is 12.5. The molecule has 0 bridgehead atoms. The Labute approximate surface area is 153 Å². The van der Waals surface area contributed by atoms with Gasteiger partial charge in [-0.1, -0.05) is 29.8 Å². The molecule has 22 heavy (non-hydrogen) atoms. The molecule has 0 aliphatic rings. The van der Waals surface area contributed by atoms with Gasteiger partial charge in [0, 0.05) is 39.6 Å². The predicted molar refractivity (Wildman–Crippen MR) is 80.8 cm³/mol. The molecule has 0 spiro atoms. The van der Waals surface area contributed by atoms with Gasteiger partial charge in [-0.2, -0.15) is 0 Å². The van der Waals surface area contributed by atoms with Crippen molar-refractivity contribution in [1.82, 2.24) is 9.97 Å². The molecule has 0 aliphatic heterocycles. The van der Waals surface area contributed by atoms with Crippen molar-refractivity contribution in [1.29, 1.82) is 0 Å². The summed E-state index contributed by atoms with van der Waals surface area (Å²) in [5, 5.41) is 0. The predicted octanol–water partition coefficient (Wildman–Crippen LogP) is 4.12. The number of benzene rings is 2. The molecule has 0 aliphatic carbocycles. The van der Waals surface area contributed by atoms with Gasteiger partial charge < -0.3 is 21.2 Å². The third-order valence-electron chi connectivity index (χ3n) is 3.31. The third-order valence-corrected chi connectivity index (χ3v) is 3.31. The molecule has 0 fully saturated rings. The van der Waals surface area contributed by atoms with Crippen molar-refractivity contribution in [3.8, 4) is 0 Å². The summed E-state index contributed by atoms with van der Waals surface area (Å²) >= 11 is 0. The van der Waals surface area contributed by atoms with Gasteiger partial charge in [-0.15, -0.1) is 0 Å². The van der Waals surface area contributed by atoms with Crippen LogP contribution in [0.15, 0.2) is 45.2 Å². The summed E-state index contributed by atoms with van der Waals surface area (Å²) in [4.78, 5) is 8.41. The molecular formula is C17H14N2O2Y-2. The van der Waals surface area contributed by atoms with Gasteiger partial charge in [-0.25, -0.2) is 4.98 Å². The maximum absolute atomic E-state index is 5.48.